The Bertz CT molecular complexity index is 1420. The molecule has 0 saturated carbocycles. The van der Waals surface area contributed by atoms with E-state index >= 15 is 0 Å². The van der Waals surface area contributed by atoms with Crippen LogP contribution in [0.1, 0.15) is 18.1 Å². The van der Waals surface area contributed by atoms with Crippen molar-refractivity contribution >= 4 is 27.3 Å². The van der Waals surface area contributed by atoms with E-state index in [-0.39, 0.29) is 16.3 Å². The third kappa shape index (κ3) is 6.35. The normalized spacial score (nSPS) is 11.5. The Labute approximate surface area is 222 Å². The molecule has 0 aliphatic rings. The summed E-state index contributed by atoms with van der Waals surface area (Å²) in [5.74, 6) is 1.10. The second kappa shape index (κ2) is 12.3. The van der Waals surface area contributed by atoms with Gasteiger partial charge in [-0.2, -0.15) is 5.10 Å². The highest BCUT2D eigenvalue weighted by Gasteiger charge is 2.29. The van der Waals surface area contributed by atoms with E-state index in [2.05, 4.69) is 10.5 Å². The first-order chi connectivity index (χ1) is 18.1. The van der Waals surface area contributed by atoms with Gasteiger partial charge in [-0.15, -0.1) is 0 Å². The van der Waals surface area contributed by atoms with Crippen LogP contribution >= 0.6 is 0 Å². The Hall–Kier alpha value is -4.25. The van der Waals surface area contributed by atoms with Crippen LogP contribution in [0.15, 0.2) is 70.7 Å². The summed E-state index contributed by atoms with van der Waals surface area (Å²) in [4.78, 5) is 13.0. The van der Waals surface area contributed by atoms with Crippen molar-refractivity contribution in [1.82, 2.24) is 5.43 Å². The highest BCUT2D eigenvalue weighted by atomic mass is 32.2. The fraction of sp³-hybridized carbons (Fsp3) is 0.259. The maximum absolute atomic E-state index is 13.7. The van der Waals surface area contributed by atoms with Crippen molar-refractivity contribution in [1.29, 1.82) is 0 Å². The maximum atomic E-state index is 13.7. The van der Waals surface area contributed by atoms with Crippen LogP contribution in [0, 0.1) is 6.92 Å². The lowest BCUT2D eigenvalue weighted by molar-refractivity contribution is -0.119. The summed E-state index contributed by atoms with van der Waals surface area (Å²) in [7, 11) is 1.80. The summed E-state index contributed by atoms with van der Waals surface area (Å²) in [6.45, 7) is 3.00. The number of nitrogens with zero attached hydrogens (tertiary/aromatic N) is 2. The highest BCUT2D eigenvalue weighted by Crippen LogP contribution is 2.35. The molecule has 0 fully saturated rings. The summed E-state index contributed by atoms with van der Waals surface area (Å²) in [5.41, 5.74) is 4.68. The first-order valence-corrected chi connectivity index (χ1v) is 13.0. The number of sulfonamides is 1. The second-order valence-corrected chi connectivity index (χ2v) is 10.0. The number of benzene rings is 3. The Morgan fingerprint density at radius 2 is 1.50 bits per heavy atom. The van der Waals surface area contributed by atoms with Crippen LogP contribution in [0.5, 0.6) is 23.0 Å². The quantitative estimate of drug-likeness (QED) is 0.290. The van der Waals surface area contributed by atoms with Crippen LogP contribution in [-0.2, 0) is 14.8 Å². The summed E-state index contributed by atoms with van der Waals surface area (Å²) >= 11 is 0. The molecule has 1 amide bonds. The molecule has 0 aliphatic carbocycles. The van der Waals surface area contributed by atoms with Gasteiger partial charge in [-0.3, -0.25) is 9.10 Å². The molecular formula is C27H31N3O7S. The standard InChI is InChI=1S/C27H31N3O7S/c1-18-7-11-22(12-8-18)38(32,33)30(23-13-10-21(34-3)16-25(23)36-5)17-27(31)29-28-19(2)20-9-14-24(35-4)26(15-20)37-6/h7-16H,17H2,1-6H3,(H,29,31)/b28-19-. The van der Waals surface area contributed by atoms with Gasteiger partial charge in [-0.05, 0) is 56.3 Å². The number of anilines is 1. The zero-order valence-electron chi connectivity index (χ0n) is 22.1. The number of rotatable bonds is 11. The average molecular weight is 542 g/mol. The van der Waals surface area contributed by atoms with Gasteiger partial charge in [0.15, 0.2) is 11.5 Å². The van der Waals surface area contributed by atoms with Crippen molar-refractivity contribution in [3.8, 4) is 23.0 Å². The van der Waals surface area contributed by atoms with Crippen LogP contribution < -0.4 is 28.7 Å². The number of hydrogen-bond acceptors (Lipinski definition) is 8. The lowest BCUT2D eigenvalue weighted by Gasteiger charge is -2.25. The minimum atomic E-state index is -4.15. The van der Waals surface area contributed by atoms with E-state index in [0.717, 1.165) is 9.87 Å². The third-order valence-electron chi connectivity index (χ3n) is 5.70. The molecular weight excluding hydrogens is 510 g/mol. The van der Waals surface area contributed by atoms with Gasteiger partial charge < -0.3 is 18.9 Å². The molecule has 10 nitrogen and oxygen atoms in total. The van der Waals surface area contributed by atoms with E-state index in [1.54, 1.807) is 49.4 Å². The number of methoxy groups -OCH3 is 4. The van der Waals surface area contributed by atoms with E-state index in [1.165, 1.54) is 46.6 Å². The minimum absolute atomic E-state index is 0.0266. The molecule has 38 heavy (non-hydrogen) atoms. The highest BCUT2D eigenvalue weighted by molar-refractivity contribution is 7.92. The zero-order valence-corrected chi connectivity index (χ0v) is 23.0. The fourth-order valence-electron chi connectivity index (χ4n) is 3.57. The Kier molecular flexibility index (Phi) is 9.19. The number of amides is 1. The minimum Gasteiger partial charge on any atom is -0.497 e. The van der Waals surface area contributed by atoms with E-state index in [1.807, 2.05) is 6.92 Å². The topological polar surface area (TPSA) is 116 Å². The van der Waals surface area contributed by atoms with Crippen LogP contribution in [0.3, 0.4) is 0 Å². The van der Waals surface area contributed by atoms with Crippen LogP contribution in [0.25, 0.3) is 0 Å². The monoisotopic (exact) mass is 541 g/mol. The van der Waals surface area contributed by atoms with Crippen molar-refractivity contribution in [2.45, 2.75) is 18.7 Å². The lowest BCUT2D eigenvalue weighted by atomic mass is 10.1. The number of nitrogens with one attached hydrogen (secondary N) is 1. The largest absolute Gasteiger partial charge is 0.497 e. The molecule has 3 aromatic carbocycles. The molecule has 0 aromatic heterocycles. The summed E-state index contributed by atoms with van der Waals surface area (Å²) in [6.07, 6.45) is 0. The van der Waals surface area contributed by atoms with Crippen molar-refractivity contribution in [3.05, 3.63) is 71.8 Å². The van der Waals surface area contributed by atoms with E-state index in [4.69, 9.17) is 18.9 Å². The molecule has 0 spiro atoms. The first-order valence-electron chi connectivity index (χ1n) is 11.5. The Morgan fingerprint density at radius 3 is 2.11 bits per heavy atom. The van der Waals surface area contributed by atoms with Crippen molar-refractivity contribution in [2.24, 2.45) is 5.10 Å². The van der Waals surface area contributed by atoms with Gasteiger partial charge in [-0.1, -0.05) is 17.7 Å². The molecule has 1 N–H and O–H groups in total. The Morgan fingerprint density at radius 1 is 0.842 bits per heavy atom. The number of aryl methyl sites for hydroxylation is 1. The van der Waals surface area contributed by atoms with Gasteiger partial charge in [0.1, 0.15) is 18.0 Å². The van der Waals surface area contributed by atoms with Gasteiger partial charge in [0.2, 0.25) is 0 Å². The maximum Gasteiger partial charge on any atom is 0.264 e. The average Bonchev–Trinajstić information content (AvgIpc) is 2.93. The van der Waals surface area contributed by atoms with Crippen molar-refractivity contribution < 1.29 is 32.2 Å². The molecule has 11 heteroatoms. The molecule has 3 rings (SSSR count). The second-order valence-electron chi connectivity index (χ2n) is 8.16. The number of carbonyl (C=O) groups excluding carboxylic acids is 1. The van der Waals surface area contributed by atoms with Crippen LogP contribution in [0.4, 0.5) is 5.69 Å². The van der Waals surface area contributed by atoms with Crippen molar-refractivity contribution in [2.75, 3.05) is 39.3 Å². The molecule has 0 bridgehead atoms. The molecule has 0 unspecified atom stereocenters. The van der Waals surface area contributed by atoms with Gasteiger partial charge in [-0.25, -0.2) is 13.8 Å². The summed E-state index contributed by atoms with van der Waals surface area (Å²) in [5, 5.41) is 4.16. The predicted octanol–water partition coefficient (Wildman–Crippen LogP) is 3.77. The molecule has 0 heterocycles. The van der Waals surface area contributed by atoms with Crippen LogP contribution in [0.2, 0.25) is 0 Å². The third-order valence-corrected chi connectivity index (χ3v) is 7.48. The predicted molar refractivity (Wildman–Crippen MR) is 145 cm³/mol. The van der Waals surface area contributed by atoms with Gasteiger partial charge in [0.05, 0.1) is 44.7 Å². The van der Waals surface area contributed by atoms with Gasteiger partial charge in [0.25, 0.3) is 15.9 Å². The number of hydrazone groups is 1. The van der Waals surface area contributed by atoms with E-state index < -0.39 is 22.5 Å². The molecule has 0 saturated heterocycles. The van der Waals surface area contributed by atoms with E-state index in [0.29, 0.717) is 28.5 Å². The summed E-state index contributed by atoms with van der Waals surface area (Å²) in [6, 6.07) is 16.2. The number of carbonyl (C=O) groups is 1. The van der Waals surface area contributed by atoms with Gasteiger partial charge in [0, 0.05) is 11.6 Å². The first kappa shape index (κ1) is 28.3. The summed E-state index contributed by atoms with van der Waals surface area (Å²) < 4.78 is 49.6. The number of ether oxygens (including phenoxy) is 4. The molecule has 0 atom stereocenters. The smallest absolute Gasteiger partial charge is 0.264 e. The van der Waals surface area contributed by atoms with Gasteiger partial charge >= 0.3 is 0 Å². The fourth-order valence-corrected chi connectivity index (χ4v) is 5.00. The van der Waals surface area contributed by atoms with Crippen molar-refractivity contribution in [3.63, 3.8) is 0 Å². The SMILES string of the molecule is COc1ccc(N(CC(=O)N/N=C(/C)c2ccc(OC)c(OC)c2)S(=O)(=O)c2ccc(C)cc2)c(OC)c1. The molecule has 202 valence electrons. The lowest BCUT2D eigenvalue weighted by Crippen LogP contribution is -2.40. The number of hydrogen-bond donors (Lipinski definition) is 1. The Balaban J connectivity index is 1.94. The molecule has 0 radical (unpaired) electrons. The molecule has 0 aliphatic heterocycles. The zero-order chi connectivity index (χ0) is 27.9. The van der Waals surface area contributed by atoms with Crippen LogP contribution in [-0.4, -0.2) is 55.0 Å². The van der Waals surface area contributed by atoms with E-state index in [9.17, 15) is 13.2 Å². The molecule has 3 aromatic rings.